The minimum Gasteiger partial charge on any atom is -0.465 e. The van der Waals surface area contributed by atoms with Gasteiger partial charge in [0.2, 0.25) is 11.8 Å². The van der Waals surface area contributed by atoms with Gasteiger partial charge in [-0.25, -0.2) is 0 Å². The number of aliphatic hydroxyl groups is 1. The lowest BCUT2D eigenvalue weighted by molar-refractivity contribution is -0.154. The second-order valence-electron chi connectivity index (χ2n) is 10.2. The van der Waals surface area contributed by atoms with Gasteiger partial charge >= 0.3 is 5.97 Å². The van der Waals surface area contributed by atoms with E-state index in [0.29, 0.717) is 19.7 Å². The Morgan fingerprint density at radius 1 is 1.21 bits per heavy atom. The van der Waals surface area contributed by atoms with E-state index in [4.69, 9.17) is 4.74 Å². The van der Waals surface area contributed by atoms with E-state index in [2.05, 4.69) is 13.0 Å². The molecule has 188 valence electrons. The van der Waals surface area contributed by atoms with Crippen LogP contribution in [-0.2, 0) is 19.1 Å². The predicted molar refractivity (Wildman–Crippen MR) is 132 cm³/mol. The van der Waals surface area contributed by atoms with Gasteiger partial charge in [-0.05, 0) is 25.2 Å². The molecule has 0 aromatic heterocycles. The Balaban J connectivity index is 1.80. The summed E-state index contributed by atoms with van der Waals surface area (Å²) in [7, 11) is 0. The van der Waals surface area contributed by atoms with Crippen LogP contribution in [-0.4, -0.2) is 81.1 Å². The molecular formula is C26H38N2O5S. The molecule has 4 aliphatic rings. The number of cyclic esters (lactones) is 1. The normalized spacial score (nSPS) is 35.1. The third kappa shape index (κ3) is 4.21. The molecule has 2 saturated heterocycles. The zero-order chi connectivity index (χ0) is 24.5. The SMILES string of the molecule is CCCCCN1CC=C[C@]23S[C@@H]4/C=C\CCCOC(=O)[C@@H]4[C@H]2C(=O)N([C@@H](CO)C(C)C)C3C1=O. The molecule has 7 nitrogen and oxygen atoms in total. The molecule has 2 fully saturated rings. The van der Waals surface area contributed by atoms with E-state index in [9.17, 15) is 19.5 Å². The molecule has 0 aliphatic carbocycles. The third-order valence-corrected chi connectivity index (χ3v) is 9.46. The molecule has 8 heteroatoms. The Morgan fingerprint density at radius 2 is 2.00 bits per heavy atom. The number of hydrogen-bond acceptors (Lipinski definition) is 6. The quantitative estimate of drug-likeness (QED) is 0.336. The second-order valence-corrected chi connectivity index (χ2v) is 11.7. The van der Waals surface area contributed by atoms with E-state index in [1.165, 1.54) is 0 Å². The number of nitrogens with zero attached hydrogens (tertiary/aromatic N) is 2. The molecular weight excluding hydrogens is 452 g/mol. The lowest BCUT2D eigenvalue weighted by Crippen LogP contribution is -2.57. The standard InChI is InChI=1S/C26H38N2O5S/c1-4-5-8-13-27-14-10-12-26-21(20-19(34-26)11-7-6-9-15-33-25(20)32)23(30)28(22(26)24(27)31)18(16-29)17(2)3/h7,10-12,17-22,29H,4-6,8-9,13-16H2,1-3H3/b11-7-/t18-,19+,20-,21-,22?,26-/m0/s1. The summed E-state index contributed by atoms with van der Waals surface area (Å²) in [5, 5.41) is 10.1. The molecule has 1 spiro atoms. The van der Waals surface area contributed by atoms with E-state index in [1.807, 2.05) is 37.0 Å². The molecule has 0 saturated carbocycles. The van der Waals surface area contributed by atoms with E-state index < -0.39 is 28.7 Å². The molecule has 0 bridgehead atoms. The number of likely N-dealkylation sites (tertiary alicyclic amines) is 1. The van der Waals surface area contributed by atoms with Gasteiger partial charge in [0.15, 0.2) is 0 Å². The Bertz CT molecular complexity index is 858. The van der Waals surface area contributed by atoms with Crippen LogP contribution in [0.3, 0.4) is 0 Å². The van der Waals surface area contributed by atoms with Crippen LogP contribution in [0.1, 0.15) is 52.9 Å². The van der Waals surface area contributed by atoms with Crippen molar-refractivity contribution in [3.63, 3.8) is 0 Å². The highest BCUT2D eigenvalue weighted by molar-refractivity contribution is 8.02. The fourth-order valence-electron chi connectivity index (χ4n) is 5.97. The third-order valence-electron chi connectivity index (χ3n) is 7.72. The summed E-state index contributed by atoms with van der Waals surface area (Å²) in [6.45, 7) is 7.29. The van der Waals surface area contributed by atoms with Crippen molar-refractivity contribution in [1.82, 2.24) is 9.80 Å². The molecule has 0 aromatic rings. The number of ether oxygens (including phenoxy) is 1. The molecule has 0 aromatic carbocycles. The lowest BCUT2D eigenvalue weighted by atomic mass is 9.78. The predicted octanol–water partition coefficient (Wildman–Crippen LogP) is 2.78. The van der Waals surface area contributed by atoms with E-state index in [0.717, 1.165) is 32.1 Å². The van der Waals surface area contributed by atoms with Crippen molar-refractivity contribution < 1.29 is 24.2 Å². The van der Waals surface area contributed by atoms with Crippen molar-refractivity contribution in [2.45, 2.75) is 75.0 Å². The average molecular weight is 491 g/mol. The first-order chi connectivity index (χ1) is 16.4. The maximum Gasteiger partial charge on any atom is 0.311 e. The monoisotopic (exact) mass is 490 g/mol. The Labute approximate surface area is 206 Å². The average Bonchev–Trinajstić information content (AvgIpc) is 3.21. The fourth-order valence-corrected chi connectivity index (χ4v) is 7.96. The van der Waals surface area contributed by atoms with E-state index in [-0.39, 0.29) is 35.6 Å². The van der Waals surface area contributed by atoms with Crippen molar-refractivity contribution in [3.8, 4) is 0 Å². The van der Waals surface area contributed by atoms with Crippen LogP contribution in [0.2, 0.25) is 0 Å². The highest BCUT2D eigenvalue weighted by atomic mass is 32.2. The van der Waals surface area contributed by atoms with Crippen LogP contribution < -0.4 is 0 Å². The minimum atomic E-state index is -0.853. The van der Waals surface area contributed by atoms with Gasteiger partial charge in [0, 0.05) is 18.3 Å². The van der Waals surface area contributed by atoms with Crippen LogP contribution >= 0.6 is 11.8 Å². The molecule has 0 radical (unpaired) electrons. The number of esters is 1. The van der Waals surface area contributed by atoms with Gasteiger partial charge in [-0.15, -0.1) is 11.8 Å². The minimum absolute atomic E-state index is 0.0356. The highest BCUT2D eigenvalue weighted by Gasteiger charge is 2.71. The number of carbonyl (C=O) groups is 3. The van der Waals surface area contributed by atoms with Crippen LogP contribution in [0.5, 0.6) is 0 Å². The maximum atomic E-state index is 14.1. The lowest BCUT2D eigenvalue weighted by Gasteiger charge is -2.39. The first kappa shape index (κ1) is 25.3. The number of fused-ring (bicyclic) bond motifs is 2. The number of carbonyl (C=O) groups excluding carboxylic acids is 3. The van der Waals surface area contributed by atoms with Crippen LogP contribution in [0.25, 0.3) is 0 Å². The maximum absolute atomic E-state index is 14.1. The summed E-state index contributed by atoms with van der Waals surface area (Å²) in [5.41, 5.74) is 0. The Hall–Kier alpha value is -1.80. The summed E-state index contributed by atoms with van der Waals surface area (Å²) in [4.78, 5) is 44.9. The Kier molecular flexibility index (Phi) is 7.77. The summed E-state index contributed by atoms with van der Waals surface area (Å²) in [6.07, 6.45) is 12.7. The molecule has 4 aliphatic heterocycles. The molecule has 34 heavy (non-hydrogen) atoms. The zero-order valence-electron chi connectivity index (χ0n) is 20.5. The molecule has 1 unspecified atom stereocenters. The smallest absolute Gasteiger partial charge is 0.311 e. The first-order valence-electron chi connectivity index (χ1n) is 12.8. The molecule has 6 atom stereocenters. The summed E-state index contributed by atoms with van der Waals surface area (Å²) < 4.78 is 4.74. The van der Waals surface area contributed by atoms with Crippen molar-refractivity contribution in [2.75, 3.05) is 26.3 Å². The number of aliphatic hydroxyl groups excluding tert-OH is 1. The second kappa shape index (κ2) is 10.4. The van der Waals surface area contributed by atoms with Crippen molar-refractivity contribution in [3.05, 3.63) is 24.3 Å². The molecule has 4 rings (SSSR count). The first-order valence-corrected chi connectivity index (χ1v) is 13.7. The number of thioether (sulfide) groups is 1. The van der Waals surface area contributed by atoms with Gasteiger partial charge in [0.05, 0.1) is 35.8 Å². The number of allylic oxidation sites excluding steroid dienone is 1. The van der Waals surface area contributed by atoms with Crippen molar-refractivity contribution >= 4 is 29.5 Å². The van der Waals surface area contributed by atoms with Gasteiger partial charge in [0.25, 0.3) is 0 Å². The van der Waals surface area contributed by atoms with Crippen LogP contribution in [0, 0.1) is 17.8 Å². The van der Waals surface area contributed by atoms with Crippen molar-refractivity contribution in [1.29, 1.82) is 0 Å². The Morgan fingerprint density at radius 3 is 2.71 bits per heavy atom. The number of hydrogen-bond donors (Lipinski definition) is 1. The molecule has 2 amide bonds. The highest BCUT2D eigenvalue weighted by Crippen LogP contribution is 2.61. The van der Waals surface area contributed by atoms with E-state index >= 15 is 0 Å². The fraction of sp³-hybridized carbons (Fsp3) is 0.731. The summed E-state index contributed by atoms with van der Waals surface area (Å²) >= 11 is 1.56. The van der Waals surface area contributed by atoms with Crippen LogP contribution in [0.4, 0.5) is 0 Å². The molecule has 1 N–H and O–H groups in total. The number of rotatable bonds is 7. The largest absolute Gasteiger partial charge is 0.465 e. The molecule has 4 heterocycles. The van der Waals surface area contributed by atoms with E-state index in [1.54, 1.807) is 16.7 Å². The zero-order valence-corrected chi connectivity index (χ0v) is 21.3. The van der Waals surface area contributed by atoms with Crippen molar-refractivity contribution in [2.24, 2.45) is 17.8 Å². The van der Waals surface area contributed by atoms with Gasteiger partial charge < -0.3 is 19.6 Å². The summed E-state index contributed by atoms with van der Waals surface area (Å²) in [5.74, 6) is -2.01. The topological polar surface area (TPSA) is 87.2 Å². The van der Waals surface area contributed by atoms with Gasteiger partial charge in [-0.1, -0.05) is 57.9 Å². The number of unbranched alkanes of at least 4 members (excludes halogenated alkanes) is 2. The van der Waals surface area contributed by atoms with Gasteiger partial charge in [0.1, 0.15) is 6.04 Å². The number of amides is 2. The summed E-state index contributed by atoms with van der Waals surface area (Å²) in [6, 6.07) is -1.23. The van der Waals surface area contributed by atoms with Gasteiger partial charge in [-0.2, -0.15) is 0 Å². The van der Waals surface area contributed by atoms with Gasteiger partial charge in [-0.3, -0.25) is 14.4 Å². The van der Waals surface area contributed by atoms with Crippen LogP contribution in [0.15, 0.2) is 24.3 Å².